The molecule has 70 valence electrons. The minimum absolute atomic E-state index is 0.192. The lowest BCUT2D eigenvalue weighted by Crippen LogP contribution is -2.20. The lowest BCUT2D eigenvalue weighted by atomic mass is 10.5. The Labute approximate surface area is 72.8 Å². The van der Waals surface area contributed by atoms with Gasteiger partial charge in [-0.25, -0.2) is 0 Å². The highest BCUT2D eigenvalue weighted by Gasteiger charge is 2.19. The summed E-state index contributed by atoms with van der Waals surface area (Å²) in [6.45, 7) is 0. The first kappa shape index (κ1) is 7.78. The second-order valence-corrected chi connectivity index (χ2v) is 2.33. The second kappa shape index (κ2) is 2.58. The van der Waals surface area contributed by atoms with Crippen molar-refractivity contribution in [3.8, 4) is 11.7 Å². The molecule has 0 spiro atoms. The number of hydrogen-bond acceptors (Lipinski definition) is 5. The maximum Gasteiger partial charge on any atom is 0.330 e. The zero-order valence-electron chi connectivity index (χ0n) is 7.07. The van der Waals surface area contributed by atoms with E-state index in [1.54, 1.807) is 0 Å². The summed E-state index contributed by atoms with van der Waals surface area (Å²) in [5.74, 6) is 0.476. The smallest absolute Gasteiger partial charge is 0.330 e. The van der Waals surface area contributed by atoms with Gasteiger partial charge in [-0.3, -0.25) is 5.21 Å². The van der Waals surface area contributed by atoms with E-state index >= 15 is 0 Å². The Bertz CT molecular complexity index is 429. The van der Waals surface area contributed by atoms with Gasteiger partial charge in [0.25, 0.3) is 6.20 Å². The van der Waals surface area contributed by atoms with E-state index in [2.05, 4.69) is 0 Å². The van der Waals surface area contributed by atoms with Gasteiger partial charge in [-0.15, -0.1) is 0 Å². The number of furan rings is 1. The summed E-state index contributed by atoms with van der Waals surface area (Å²) in [4.78, 5) is 0.288. The van der Waals surface area contributed by atoms with Crippen LogP contribution in [0, 0.1) is 5.21 Å². The summed E-state index contributed by atoms with van der Waals surface area (Å²) in [5.41, 5.74) is 0.540. The average Bonchev–Trinajstić information content (AvgIpc) is 2.59. The number of hydrogen-bond donors (Lipinski definition) is 0. The normalized spacial score (nSPS) is 10.6. The van der Waals surface area contributed by atoms with Crippen LogP contribution in [0.3, 0.4) is 0 Å². The molecule has 0 fully saturated rings. The van der Waals surface area contributed by atoms with E-state index in [9.17, 15) is 5.21 Å². The van der Waals surface area contributed by atoms with Crippen molar-refractivity contribution in [3.05, 3.63) is 11.4 Å². The standard InChI is InChI=1S/C7H7NO5/c1-10-6-5-4(3-8(9)13-5)12-7(6)11-2/h3H,1-2H3. The summed E-state index contributed by atoms with van der Waals surface area (Å²) < 4.78 is 19.6. The highest BCUT2D eigenvalue weighted by Crippen LogP contribution is 2.37. The molecule has 0 aliphatic rings. The summed E-state index contributed by atoms with van der Waals surface area (Å²) >= 11 is 0. The van der Waals surface area contributed by atoms with Gasteiger partial charge in [0.1, 0.15) is 0 Å². The van der Waals surface area contributed by atoms with Crippen LogP contribution >= 0.6 is 0 Å². The fourth-order valence-electron chi connectivity index (χ4n) is 1.09. The average molecular weight is 185 g/mol. The van der Waals surface area contributed by atoms with Crippen molar-refractivity contribution < 1.29 is 23.3 Å². The monoisotopic (exact) mass is 185 g/mol. The first-order valence-corrected chi connectivity index (χ1v) is 3.50. The van der Waals surface area contributed by atoms with Crippen molar-refractivity contribution >= 4 is 11.2 Å². The number of rotatable bonds is 2. The third-order valence-electron chi connectivity index (χ3n) is 1.61. The first-order chi connectivity index (χ1) is 6.26. The van der Waals surface area contributed by atoms with E-state index in [0.717, 1.165) is 6.20 Å². The molecule has 2 aromatic rings. The molecular formula is C7H7NO5. The molecule has 0 aliphatic carbocycles. The Morgan fingerprint density at radius 2 is 2.15 bits per heavy atom. The fourth-order valence-corrected chi connectivity index (χ4v) is 1.09. The Balaban J connectivity index is 2.70. The number of aromatic nitrogens is 1. The molecule has 0 atom stereocenters. The van der Waals surface area contributed by atoms with Gasteiger partial charge in [-0.2, -0.15) is 0 Å². The second-order valence-electron chi connectivity index (χ2n) is 2.33. The van der Waals surface area contributed by atoms with Crippen molar-refractivity contribution in [3.63, 3.8) is 0 Å². The predicted octanol–water partition coefficient (Wildman–Crippen LogP) is 0.676. The Kier molecular flexibility index (Phi) is 1.54. The molecular weight excluding hydrogens is 178 g/mol. The van der Waals surface area contributed by atoms with Gasteiger partial charge in [0.2, 0.25) is 11.3 Å². The molecule has 0 aromatic carbocycles. The number of methoxy groups -OCH3 is 2. The van der Waals surface area contributed by atoms with Crippen LogP contribution in [0.4, 0.5) is 0 Å². The predicted molar refractivity (Wildman–Crippen MR) is 40.5 cm³/mol. The number of fused-ring (bicyclic) bond motifs is 1. The largest absolute Gasteiger partial charge is 0.489 e. The molecule has 2 rings (SSSR count). The van der Waals surface area contributed by atoms with Crippen molar-refractivity contribution in [2.45, 2.75) is 0 Å². The van der Waals surface area contributed by atoms with Crippen LogP contribution in [0.5, 0.6) is 11.7 Å². The van der Waals surface area contributed by atoms with Crippen molar-refractivity contribution in [1.29, 1.82) is 0 Å². The zero-order valence-corrected chi connectivity index (χ0v) is 7.07. The van der Waals surface area contributed by atoms with E-state index in [1.165, 1.54) is 14.2 Å². The van der Waals surface area contributed by atoms with Crippen LogP contribution in [0.1, 0.15) is 0 Å². The minimum Gasteiger partial charge on any atom is -0.489 e. The minimum atomic E-state index is 0.192. The van der Waals surface area contributed by atoms with Gasteiger partial charge in [0, 0.05) is 4.90 Å². The van der Waals surface area contributed by atoms with E-state index < -0.39 is 0 Å². The Morgan fingerprint density at radius 1 is 1.38 bits per heavy atom. The molecule has 13 heavy (non-hydrogen) atoms. The summed E-state index contributed by atoms with van der Waals surface area (Å²) in [6.07, 6.45) is 1.15. The third-order valence-corrected chi connectivity index (χ3v) is 1.61. The highest BCUT2D eigenvalue weighted by atomic mass is 16.7. The summed E-state index contributed by atoms with van der Waals surface area (Å²) in [5, 5.41) is 10.7. The molecule has 6 nitrogen and oxygen atoms in total. The molecule has 0 saturated heterocycles. The first-order valence-electron chi connectivity index (χ1n) is 3.50. The SMILES string of the molecule is COc1oc2c[n+]([O-])oc2c1OC. The topological polar surface area (TPSA) is 71.7 Å². The van der Waals surface area contributed by atoms with Crippen molar-refractivity contribution in [2.24, 2.45) is 0 Å². The molecule has 0 radical (unpaired) electrons. The molecule has 0 saturated carbocycles. The molecule has 2 aromatic heterocycles. The van der Waals surface area contributed by atoms with Crippen LogP contribution in [0.2, 0.25) is 0 Å². The zero-order chi connectivity index (χ0) is 9.42. The lowest BCUT2D eigenvalue weighted by Gasteiger charge is -1.97. The van der Waals surface area contributed by atoms with Gasteiger partial charge in [0.05, 0.1) is 14.2 Å². The maximum absolute atomic E-state index is 10.7. The molecule has 0 amide bonds. The van der Waals surface area contributed by atoms with Gasteiger partial charge in [-0.1, -0.05) is 0 Å². The number of nitrogens with zero attached hydrogens (tertiary/aromatic N) is 1. The lowest BCUT2D eigenvalue weighted by molar-refractivity contribution is -0.788. The van der Waals surface area contributed by atoms with Crippen LogP contribution < -0.4 is 14.4 Å². The van der Waals surface area contributed by atoms with Gasteiger partial charge >= 0.3 is 5.95 Å². The van der Waals surface area contributed by atoms with E-state index in [4.69, 9.17) is 18.4 Å². The van der Waals surface area contributed by atoms with Crippen molar-refractivity contribution in [2.75, 3.05) is 14.2 Å². The van der Waals surface area contributed by atoms with Gasteiger partial charge in [0.15, 0.2) is 5.58 Å². The fraction of sp³-hybridized carbons (Fsp3) is 0.286. The van der Waals surface area contributed by atoms with Gasteiger partial charge < -0.3 is 18.4 Å². The third kappa shape index (κ3) is 0.986. The van der Waals surface area contributed by atoms with Crippen LogP contribution in [-0.2, 0) is 0 Å². The quantitative estimate of drug-likeness (QED) is 0.643. The summed E-state index contributed by atoms with van der Waals surface area (Å²) in [6, 6.07) is 0. The Morgan fingerprint density at radius 3 is 2.77 bits per heavy atom. The highest BCUT2D eigenvalue weighted by molar-refractivity contribution is 5.79. The van der Waals surface area contributed by atoms with Gasteiger partial charge in [-0.05, 0) is 0 Å². The van der Waals surface area contributed by atoms with Crippen LogP contribution in [0.15, 0.2) is 15.1 Å². The van der Waals surface area contributed by atoms with Crippen molar-refractivity contribution in [1.82, 2.24) is 0 Å². The molecule has 0 bridgehead atoms. The maximum atomic E-state index is 10.7. The van der Waals surface area contributed by atoms with E-state index in [1.807, 2.05) is 0 Å². The van der Waals surface area contributed by atoms with Crippen LogP contribution in [0.25, 0.3) is 11.2 Å². The van der Waals surface area contributed by atoms with E-state index in [0.29, 0.717) is 5.58 Å². The molecule has 0 N–H and O–H groups in total. The van der Waals surface area contributed by atoms with Crippen LogP contribution in [-0.4, -0.2) is 14.2 Å². The molecule has 0 unspecified atom stereocenters. The Hall–Kier alpha value is -1.85. The van der Waals surface area contributed by atoms with E-state index in [-0.39, 0.29) is 22.2 Å². The number of ether oxygens (including phenoxy) is 2. The molecule has 6 heteroatoms. The molecule has 2 heterocycles. The summed E-state index contributed by atoms with van der Waals surface area (Å²) in [7, 11) is 2.87. The molecule has 0 aliphatic heterocycles.